The van der Waals surface area contributed by atoms with Gasteiger partial charge in [0, 0.05) is 20.1 Å². The number of piperidine rings is 1. The van der Waals surface area contributed by atoms with Crippen LogP contribution >= 0.6 is 0 Å². The quantitative estimate of drug-likeness (QED) is 0.353. The van der Waals surface area contributed by atoms with E-state index < -0.39 is 11.9 Å². The molecule has 1 atom stereocenters. The van der Waals surface area contributed by atoms with Crippen molar-refractivity contribution in [2.45, 2.75) is 13.3 Å². The lowest BCUT2D eigenvalue weighted by molar-refractivity contribution is -0.153. The van der Waals surface area contributed by atoms with E-state index in [0.29, 0.717) is 33.7 Å². The van der Waals surface area contributed by atoms with Crippen LogP contribution in [0.25, 0.3) is 0 Å². The van der Waals surface area contributed by atoms with E-state index in [-0.39, 0.29) is 5.78 Å². The van der Waals surface area contributed by atoms with Crippen LogP contribution in [0.5, 0.6) is 0 Å². The van der Waals surface area contributed by atoms with Crippen LogP contribution in [0, 0.1) is 5.92 Å². The number of Topliss-reactive ketones (excluding diaryl/α,β-unsaturated/α-hetero) is 1. The highest BCUT2D eigenvalue weighted by Crippen LogP contribution is 2.13. The number of esters is 1. The highest BCUT2D eigenvalue weighted by molar-refractivity contribution is 6.23. The topological polar surface area (TPSA) is 55.8 Å². The van der Waals surface area contributed by atoms with Gasteiger partial charge in [0.15, 0.2) is 0 Å². The first-order valence-corrected chi connectivity index (χ1v) is 5.09. The lowest BCUT2D eigenvalue weighted by Gasteiger charge is -2.29. The number of ether oxygens (including phenoxy) is 1. The molecule has 0 aromatic rings. The van der Waals surface area contributed by atoms with Crippen molar-refractivity contribution in [2.75, 3.05) is 26.8 Å². The van der Waals surface area contributed by atoms with Gasteiger partial charge in [-0.25, -0.2) is 0 Å². The predicted octanol–water partition coefficient (Wildman–Crippen LogP) is -0.647. The Morgan fingerprint density at radius 3 is 3.00 bits per heavy atom. The molecule has 0 amide bonds. The molecule has 1 rings (SSSR count). The van der Waals surface area contributed by atoms with Gasteiger partial charge in [-0.15, -0.1) is 0 Å². The molecule has 1 heterocycles. The standard InChI is InChI=1S/C9H16BNO4/c1-3-15-9(13)7-6-11(10-14-2)5-4-8(7)12/h7,10H,3-6H2,1-2H3. The van der Waals surface area contributed by atoms with E-state index in [2.05, 4.69) is 0 Å². The molecule has 1 saturated heterocycles. The van der Waals surface area contributed by atoms with Gasteiger partial charge in [-0.1, -0.05) is 0 Å². The number of rotatable bonds is 4. The third-order valence-electron chi connectivity index (χ3n) is 2.39. The van der Waals surface area contributed by atoms with Crippen molar-refractivity contribution in [3.63, 3.8) is 0 Å². The van der Waals surface area contributed by atoms with Gasteiger partial charge < -0.3 is 14.2 Å². The van der Waals surface area contributed by atoms with Crippen molar-refractivity contribution in [3.8, 4) is 0 Å². The molecular formula is C9H16BNO4. The number of ketones is 1. The van der Waals surface area contributed by atoms with Gasteiger partial charge in [-0.05, 0) is 13.5 Å². The molecule has 84 valence electrons. The summed E-state index contributed by atoms with van der Waals surface area (Å²) >= 11 is 0. The van der Waals surface area contributed by atoms with E-state index in [1.54, 1.807) is 14.0 Å². The Morgan fingerprint density at radius 2 is 2.40 bits per heavy atom. The average Bonchev–Trinajstić information content (AvgIpc) is 2.21. The maximum atomic E-state index is 11.5. The fourth-order valence-corrected chi connectivity index (χ4v) is 1.64. The van der Waals surface area contributed by atoms with Gasteiger partial charge in [-0.2, -0.15) is 0 Å². The normalized spacial score (nSPS) is 22.5. The largest absolute Gasteiger partial charge is 0.465 e. The molecule has 0 N–H and O–H groups in total. The van der Waals surface area contributed by atoms with Crippen LogP contribution in [0.2, 0.25) is 0 Å². The molecular weight excluding hydrogens is 197 g/mol. The number of carbonyl (C=O) groups excluding carboxylic acids is 2. The number of hydrogen-bond acceptors (Lipinski definition) is 5. The van der Waals surface area contributed by atoms with Crippen LogP contribution in [-0.2, 0) is 19.0 Å². The molecule has 0 spiro atoms. The second kappa shape index (κ2) is 5.87. The van der Waals surface area contributed by atoms with Gasteiger partial charge in [0.2, 0.25) is 0 Å². The molecule has 0 bridgehead atoms. The van der Waals surface area contributed by atoms with Crippen LogP contribution < -0.4 is 0 Å². The lowest BCUT2D eigenvalue weighted by atomic mass is 9.93. The summed E-state index contributed by atoms with van der Waals surface area (Å²) in [7, 11) is 2.04. The van der Waals surface area contributed by atoms with E-state index in [0.717, 1.165) is 0 Å². The van der Waals surface area contributed by atoms with E-state index in [9.17, 15) is 9.59 Å². The molecule has 15 heavy (non-hydrogen) atoms. The molecule has 0 saturated carbocycles. The van der Waals surface area contributed by atoms with Crippen LogP contribution in [0.15, 0.2) is 0 Å². The molecule has 1 fully saturated rings. The fourth-order valence-electron chi connectivity index (χ4n) is 1.64. The highest BCUT2D eigenvalue weighted by atomic mass is 16.5. The fraction of sp³-hybridized carbons (Fsp3) is 0.778. The van der Waals surface area contributed by atoms with Crippen molar-refractivity contribution < 1.29 is 19.0 Å². The first-order valence-electron chi connectivity index (χ1n) is 5.09. The van der Waals surface area contributed by atoms with Crippen molar-refractivity contribution in [3.05, 3.63) is 0 Å². The molecule has 1 aliphatic heterocycles. The molecule has 0 aliphatic carbocycles. The molecule has 5 nitrogen and oxygen atoms in total. The Balaban J connectivity index is 2.53. The summed E-state index contributed by atoms with van der Waals surface area (Å²) in [4.78, 5) is 24.9. The SMILES string of the molecule is CCOC(=O)C1CN(BOC)CCC1=O. The van der Waals surface area contributed by atoms with Crippen LogP contribution in [0.3, 0.4) is 0 Å². The van der Waals surface area contributed by atoms with Gasteiger partial charge in [0.25, 0.3) is 0 Å². The third-order valence-corrected chi connectivity index (χ3v) is 2.39. The molecule has 6 heteroatoms. The van der Waals surface area contributed by atoms with E-state index in [4.69, 9.17) is 9.39 Å². The maximum absolute atomic E-state index is 11.5. The van der Waals surface area contributed by atoms with Gasteiger partial charge in [-0.3, -0.25) is 9.59 Å². The minimum atomic E-state index is -0.631. The number of carbonyl (C=O) groups is 2. The minimum Gasteiger partial charge on any atom is -0.465 e. The van der Waals surface area contributed by atoms with Crippen molar-refractivity contribution >= 4 is 19.4 Å². The van der Waals surface area contributed by atoms with E-state index in [1.807, 2.05) is 4.81 Å². The van der Waals surface area contributed by atoms with Crippen molar-refractivity contribution in [1.29, 1.82) is 0 Å². The molecule has 0 aromatic heterocycles. The van der Waals surface area contributed by atoms with Crippen molar-refractivity contribution in [2.24, 2.45) is 5.92 Å². The molecule has 1 unspecified atom stereocenters. The average molecular weight is 213 g/mol. The minimum absolute atomic E-state index is 0.0270. The first-order chi connectivity index (χ1) is 7.19. The summed E-state index contributed by atoms with van der Waals surface area (Å²) in [5, 5.41) is 0. The van der Waals surface area contributed by atoms with Crippen LogP contribution in [0.1, 0.15) is 13.3 Å². The van der Waals surface area contributed by atoms with Gasteiger partial charge in [0.05, 0.1) is 6.61 Å². The summed E-state index contributed by atoms with van der Waals surface area (Å²) in [5.74, 6) is -1.07. The van der Waals surface area contributed by atoms with Gasteiger partial charge >= 0.3 is 13.6 Å². The summed E-state index contributed by atoms with van der Waals surface area (Å²) in [6, 6.07) is 0. The van der Waals surface area contributed by atoms with Gasteiger partial charge in [0.1, 0.15) is 11.7 Å². The van der Waals surface area contributed by atoms with Crippen molar-refractivity contribution in [1.82, 2.24) is 4.81 Å². The second-order valence-corrected chi connectivity index (χ2v) is 3.52. The Hall–Kier alpha value is -0.875. The Kier molecular flexibility index (Phi) is 4.78. The molecule has 0 aromatic carbocycles. The van der Waals surface area contributed by atoms with E-state index in [1.165, 1.54) is 0 Å². The summed E-state index contributed by atoms with van der Waals surface area (Å²) in [6.07, 6.45) is 0.396. The zero-order chi connectivity index (χ0) is 11.3. The number of nitrogens with zero attached hydrogens (tertiary/aromatic N) is 1. The summed E-state index contributed by atoms with van der Waals surface area (Å²) < 4.78 is 9.82. The maximum Gasteiger partial charge on any atom is 0.363 e. The van der Waals surface area contributed by atoms with Crippen LogP contribution in [0.4, 0.5) is 0 Å². The highest BCUT2D eigenvalue weighted by Gasteiger charge is 2.33. The van der Waals surface area contributed by atoms with E-state index >= 15 is 0 Å². The third kappa shape index (κ3) is 3.32. The Bertz CT molecular complexity index is 246. The Morgan fingerprint density at radius 1 is 1.67 bits per heavy atom. The molecule has 1 aliphatic rings. The Labute approximate surface area is 90.0 Å². The summed E-state index contributed by atoms with van der Waals surface area (Å²) in [6.45, 7) is 3.11. The number of hydrogen-bond donors (Lipinski definition) is 0. The predicted molar refractivity (Wildman–Crippen MR) is 55.5 cm³/mol. The lowest BCUT2D eigenvalue weighted by Crippen LogP contribution is -2.46. The monoisotopic (exact) mass is 213 g/mol. The zero-order valence-electron chi connectivity index (χ0n) is 9.19. The molecule has 0 radical (unpaired) electrons. The second-order valence-electron chi connectivity index (χ2n) is 3.52. The summed E-state index contributed by atoms with van der Waals surface area (Å²) in [5.41, 5.74) is 0. The smallest absolute Gasteiger partial charge is 0.363 e. The first kappa shape index (κ1) is 12.2. The zero-order valence-corrected chi connectivity index (χ0v) is 9.19. The van der Waals surface area contributed by atoms with Crippen LogP contribution in [-0.4, -0.2) is 51.0 Å².